The van der Waals surface area contributed by atoms with E-state index in [0.29, 0.717) is 17.1 Å². The van der Waals surface area contributed by atoms with Crippen molar-refractivity contribution >= 4 is 24.0 Å². The normalized spacial score (nSPS) is 12.7. The quantitative estimate of drug-likeness (QED) is 0.345. The van der Waals surface area contributed by atoms with Gasteiger partial charge in [-0.3, -0.25) is 4.79 Å². The Hall–Kier alpha value is -4.52. The first-order valence-corrected chi connectivity index (χ1v) is 10.4. The summed E-state index contributed by atoms with van der Waals surface area (Å²) in [6, 6.07) is 11.9. The number of rotatable bonds is 6. The molecule has 0 atom stereocenters. The van der Waals surface area contributed by atoms with Gasteiger partial charge in [-0.05, 0) is 48.7 Å². The third-order valence-corrected chi connectivity index (χ3v) is 4.86. The van der Waals surface area contributed by atoms with Gasteiger partial charge in [-0.15, -0.1) is 0 Å². The van der Waals surface area contributed by atoms with E-state index in [2.05, 4.69) is 0 Å². The molecular weight excluding hydrogens is 458 g/mol. The number of methoxy groups -OCH3 is 2. The summed E-state index contributed by atoms with van der Waals surface area (Å²) >= 11 is 0. The van der Waals surface area contributed by atoms with Crippen LogP contribution < -0.4 is 9.47 Å². The Bertz CT molecular complexity index is 1060. The Morgan fingerprint density at radius 3 is 1.80 bits per heavy atom. The van der Waals surface area contributed by atoms with Crippen molar-refractivity contribution in [3.05, 3.63) is 59.2 Å². The second-order valence-corrected chi connectivity index (χ2v) is 7.29. The van der Waals surface area contributed by atoms with E-state index in [0.717, 1.165) is 25.7 Å². The van der Waals surface area contributed by atoms with E-state index in [4.69, 9.17) is 35.2 Å². The molecule has 0 bridgehead atoms. The highest BCUT2D eigenvalue weighted by molar-refractivity contribution is 5.96. The van der Waals surface area contributed by atoms with E-state index < -0.39 is 17.9 Å². The zero-order valence-electron chi connectivity index (χ0n) is 19.3. The highest BCUT2D eigenvalue weighted by Crippen LogP contribution is 2.24. The Kier molecular flexibility index (Phi) is 11.9. The molecule has 2 aromatic carbocycles. The predicted molar refractivity (Wildman–Crippen MR) is 125 cm³/mol. The maximum absolute atomic E-state index is 10.6. The first-order valence-electron chi connectivity index (χ1n) is 10.4. The number of phenols is 1. The Morgan fingerprint density at radius 1 is 0.943 bits per heavy atom. The van der Waals surface area contributed by atoms with Gasteiger partial charge in [-0.1, -0.05) is 25.0 Å². The molecule has 0 amide bonds. The van der Waals surface area contributed by atoms with Gasteiger partial charge >= 0.3 is 17.9 Å². The molecule has 35 heavy (non-hydrogen) atoms. The van der Waals surface area contributed by atoms with Crippen LogP contribution in [0.15, 0.2) is 48.0 Å². The van der Waals surface area contributed by atoms with Crippen molar-refractivity contribution in [2.75, 3.05) is 14.2 Å². The summed E-state index contributed by atoms with van der Waals surface area (Å²) in [5.74, 6) is -1.86. The smallest absolute Gasteiger partial charge is 0.346 e. The van der Waals surface area contributed by atoms with Crippen LogP contribution in [0.5, 0.6) is 17.2 Å². The zero-order chi connectivity index (χ0) is 26.4. The molecule has 2 aromatic rings. The fourth-order valence-electron chi connectivity index (χ4n) is 2.98. The molecule has 186 valence electrons. The SMILES string of the molecule is COc1cc(OC)cc(C(=O)O)c1.N#CC(=Cc1ccc(O)cc1)C(=O)O.O=C(O)C1CCCC1. The average molecular weight is 485 g/mol. The summed E-state index contributed by atoms with van der Waals surface area (Å²) in [4.78, 5) is 31.3. The molecule has 0 unspecified atom stereocenters. The van der Waals surface area contributed by atoms with Crippen molar-refractivity contribution in [2.45, 2.75) is 25.7 Å². The molecule has 0 radical (unpaired) electrons. The van der Waals surface area contributed by atoms with Crippen LogP contribution in [-0.2, 0) is 9.59 Å². The number of aromatic hydroxyl groups is 1. The highest BCUT2D eigenvalue weighted by Gasteiger charge is 2.21. The highest BCUT2D eigenvalue weighted by atomic mass is 16.5. The topological polar surface area (TPSA) is 174 Å². The van der Waals surface area contributed by atoms with Crippen LogP contribution in [0.4, 0.5) is 0 Å². The maximum Gasteiger partial charge on any atom is 0.346 e. The second-order valence-electron chi connectivity index (χ2n) is 7.29. The minimum Gasteiger partial charge on any atom is -0.508 e. The first-order chi connectivity index (χ1) is 16.6. The molecule has 4 N–H and O–H groups in total. The number of nitriles is 1. The van der Waals surface area contributed by atoms with E-state index in [-0.39, 0.29) is 22.8 Å². The van der Waals surface area contributed by atoms with Crippen LogP contribution in [0.3, 0.4) is 0 Å². The molecule has 3 rings (SSSR count). The molecule has 10 nitrogen and oxygen atoms in total. The first kappa shape index (κ1) is 28.5. The van der Waals surface area contributed by atoms with Crippen LogP contribution in [0.1, 0.15) is 41.6 Å². The second kappa shape index (κ2) is 14.6. The third kappa shape index (κ3) is 10.3. The fraction of sp³-hybridized carbons (Fsp3) is 0.280. The summed E-state index contributed by atoms with van der Waals surface area (Å²) < 4.78 is 9.81. The van der Waals surface area contributed by atoms with Gasteiger partial charge < -0.3 is 29.9 Å². The number of benzene rings is 2. The molecule has 0 heterocycles. The van der Waals surface area contributed by atoms with Gasteiger partial charge in [0.1, 0.15) is 28.9 Å². The van der Waals surface area contributed by atoms with Crippen LogP contribution in [0, 0.1) is 17.2 Å². The summed E-state index contributed by atoms with van der Waals surface area (Å²) in [5.41, 5.74) is 0.369. The molecule has 1 aliphatic rings. The van der Waals surface area contributed by atoms with E-state index in [9.17, 15) is 14.4 Å². The van der Waals surface area contributed by atoms with E-state index in [1.807, 2.05) is 0 Å². The van der Waals surface area contributed by atoms with E-state index in [1.165, 1.54) is 56.7 Å². The molecule has 0 saturated heterocycles. The predicted octanol–water partition coefficient (Wildman–Crippen LogP) is 4.05. The lowest BCUT2D eigenvalue weighted by atomic mass is 10.1. The molecule has 0 spiro atoms. The summed E-state index contributed by atoms with van der Waals surface area (Å²) in [7, 11) is 2.95. The molecule has 1 aliphatic carbocycles. The number of nitrogens with zero attached hydrogens (tertiary/aromatic N) is 1. The van der Waals surface area contributed by atoms with Gasteiger partial charge in [0, 0.05) is 6.07 Å². The van der Waals surface area contributed by atoms with Gasteiger partial charge in [0.25, 0.3) is 0 Å². The maximum atomic E-state index is 10.6. The molecule has 1 fully saturated rings. The van der Waals surface area contributed by atoms with Crippen molar-refractivity contribution in [1.29, 1.82) is 5.26 Å². The molecule has 1 saturated carbocycles. The number of phenolic OH excluding ortho intramolecular Hbond substituents is 1. The number of ether oxygens (including phenoxy) is 2. The van der Waals surface area contributed by atoms with E-state index in [1.54, 1.807) is 12.1 Å². The van der Waals surface area contributed by atoms with E-state index >= 15 is 0 Å². The van der Waals surface area contributed by atoms with Gasteiger partial charge in [-0.2, -0.15) is 5.26 Å². The standard InChI is InChI=1S/C10H7NO3.C9H10O4.C6H10O2/c11-6-8(10(13)14)5-7-1-3-9(12)4-2-7;1-12-7-3-6(9(10)11)4-8(5-7)13-2;7-6(8)5-3-1-2-4-5/h1-5,12H,(H,13,14);3-5H,1-2H3,(H,10,11);5H,1-4H2,(H,7,8). The lowest BCUT2D eigenvalue weighted by Gasteiger charge is -2.05. The average Bonchev–Trinajstić information content (AvgIpc) is 3.39. The van der Waals surface area contributed by atoms with Crippen LogP contribution in [-0.4, -0.2) is 52.6 Å². The van der Waals surface area contributed by atoms with Gasteiger partial charge in [0.05, 0.1) is 25.7 Å². The van der Waals surface area contributed by atoms with Crippen molar-refractivity contribution in [1.82, 2.24) is 0 Å². The third-order valence-electron chi connectivity index (χ3n) is 4.86. The molecule has 10 heteroatoms. The number of hydrogen-bond donors (Lipinski definition) is 4. The number of carboxylic acids is 3. The van der Waals surface area contributed by atoms with Crippen molar-refractivity contribution in [2.24, 2.45) is 5.92 Å². The number of aliphatic carboxylic acids is 2. The van der Waals surface area contributed by atoms with Crippen molar-refractivity contribution in [3.63, 3.8) is 0 Å². The Balaban J connectivity index is 0.000000272. The van der Waals surface area contributed by atoms with Gasteiger partial charge in [-0.25, -0.2) is 9.59 Å². The van der Waals surface area contributed by atoms with Gasteiger partial charge in [0.15, 0.2) is 0 Å². The lowest BCUT2D eigenvalue weighted by molar-refractivity contribution is -0.141. The fourth-order valence-corrected chi connectivity index (χ4v) is 2.98. The summed E-state index contributed by atoms with van der Waals surface area (Å²) in [5, 5.41) is 43.1. The Morgan fingerprint density at radius 2 is 1.46 bits per heavy atom. The summed E-state index contributed by atoms with van der Waals surface area (Å²) in [6.45, 7) is 0. The number of hydrogen-bond acceptors (Lipinski definition) is 7. The zero-order valence-corrected chi connectivity index (χ0v) is 19.3. The minimum absolute atomic E-state index is 0.0185. The summed E-state index contributed by atoms with van der Waals surface area (Å²) in [6.07, 6.45) is 5.25. The Labute approximate surface area is 202 Å². The molecule has 0 aliphatic heterocycles. The minimum atomic E-state index is -1.26. The number of carbonyl (C=O) groups is 3. The van der Waals surface area contributed by atoms with Crippen molar-refractivity contribution < 1.29 is 44.3 Å². The monoisotopic (exact) mass is 485 g/mol. The number of aromatic carboxylic acids is 1. The van der Waals surface area contributed by atoms with Gasteiger partial charge in [0.2, 0.25) is 0 Å². The van der Waals surface area contributed by atoms with Crippen LogP contribution >= 0.6 is 0 Å². The molecule has 0 aromatic heterocycles. The van der Waals surface area contributed by atoms with Crippen molar-refractivity contribution in [3.8, 4) is 23.3 Å². The van der Waals surface area contributed by atoms with Crippen LogP contribution in [0.25, 0.3) is 6.08 Å². The number of carboxylic acid groups (broad SMARTS) is 3. The largest absolute Gasteiger partial charge is 0.508 e. The van der Waals surface area contributed by atoms with Crippen LogP contribution in [0.2, 0.25) is 0 Å². The lowest BCUT2D eigenvalue weighted by Crippen LogP contribution is -2.07. The molecular formula is C25H27NO9.